The van der Waals surface area contributed by atoms with E-state index < -0.39 is 0 Å². The normalized spacial score (nSPS) is 16.8. The zero-order valence-electron chi connectivity index (χ0n) is 14.3. The number of aryl methyl sites for hydroxylation is 1. The number of para-hydroxylation sites is 1. The van der Waals surface area contributed by atoms with Crippen LogP contribution >= 0.6 is 0 Å². The van der Waals surface area contributed by atoms with Crippen LogP contribution in [-0.4, -0.2) is 40.9 Å². The number of hydrogen-bond acceptors (Lipinski definition) is 3. The molecule has 3 rings (SSSR count). The number of piperidine rings is 1. The van der Waals surface area contributed by atoms with Crippen molar-refractivity contribution in [2.75, 3.05) is 26.2 Å². The van der Waals surface area contributed by atoms with Crippen LogP contribution in [0, 0.1) is 12.8 Å². The number of benzene rings is 1. The SMILES string of the molecule is CCNCC1CCN(Cc2ccnn2-c2ccccc2C)CC1. The molecule has 124 valence electrons. The lowest BCUT2D eigenvalue weighted by Gasteiger charge is -2.32. The number of aromatic nitrogens is 2. The van der Waals surface area contributed by atoms with E-state index in [2.05, 4.69) is 64.2 Å². The highest BCUT2D eigenvalue weighted by molar-refractivity contribution is 5.40. The van der Waals surface area contributed by atoms with Crippen LogP contribution in [0.3, 0.4) is 0 Å². The second-order valence-electron chi connectivity index (χ2n) is 6.55. The first-order chi connectivity index (χ1) is 11.3. The van der Waals surface area contributed by atoms with Gasteiger partial charge < -0.3 is 5.32 Å². The quantitative estimate of drug-likeness (QED) is 0.890. The van der Waals surface area contributed by atoms with Gasteiger partial charge in [-0.05, 0) is 69.6 Å². The summed E-state index contributed by atoms with van der Waals surface area (Å²) in [5, 5.41) is 8.03. The van der Waals surface area contributed by atoms with Crippen molar-refractivity contribution in [1.82, 2.24) is 20.0 Å². The van der Waals surface area contributed by atoms with Crippen molar-refractivity contribution in [2.45, 2.75) is 33.2 Å². The van der Waals surface area contributed by atoms with E-state index in [0.29, 0.717) is 0 Å². The van der Waals surface area contributed by atoms with E-state index in [4.69, 9.17) is 0 Å². The Hall–Kier alpha value is -1.65. The van der Waals surface area contributed by atoms with Crippen LogP contribution in [0.15, 0.2) is 36.5 Å². The van der Waals surface area contributed by atoms with Crippen molar-refractivity contribution in [1.29, 1.82) is 0 Å². The first-order valence-corrected chi connectivity index (χ1v) is 8.80. The van der Waals surface area contributed by atoms with Crippen molar-refractivity contribution < 1.29 is 0 Å². The Balaban J connectivity index is 1.62. The second-order valence-corrected chi connectivity index (χ2v) is 6.55. The molecule has 0 spiro atoms. The minimum Gasteiger partial charge on any atom is -0.317 e. The van der Waals surface area contributed by atoms with E-state index in [-0.39, 0.29) is 0 Å². The smallest absolute Gasteiger partial charge is 0.0678 e. The molecule has 0 radical (unpaired) electrons. The van der Waals surface area contributed by atoms with Gasteiger partial charge >= 0.3 is 0 Å². The molecule has 1 saturated heterocycles. The third-order valence-electron chi connectivity index (χ3n) is 4.84. The average Bonchev–Trinajstić information content (AvgIpc) is 3.02. The van der Waals surface area contributed by atoms with Crippen molar-refractivity contribution in [3.8, 4) is 5.69 Å². The molecule has 1 fully saturated rings. The highest BCUT2D eigenvalue weighted by Gasteiger charge is 2.20. The molecule has 0 amide bonds. The molecule has 0 aliphatic carbocycles. The van der Waals surface area contributed by atoms with Crippen LogP contribution in [0.4, 0.5) is 0 Å². The average molecular weight is 312 g/mol. The first-order valence-electron chi connectivity index (χ1n) is 8.80. The molecular formula is C19H28N4. The monoisotopic (exact) mass is 312 g/mol. The van der Waals surface area contributed by atoms with Gasteiger partial charge in [0, 0.05) is 12.7 Å². The van der Waals surface area contributed by atoms with Gasteiger partial charge in [0.05, 0.1) is 11.4 Å². The minimum atomic E-state index is 0.840. The standard InChI is InChI=1S/C19H28N4/c1-3-20-14-17-9-12-22(13-10-17)15-18-8-11-21-23(18)19-7-5-4-6-16(19)2/h4-8,11,17,20H,3,9-10,12-15H2,1-2H3. The lowest BCUT2D eigenvalue weighted by molar-refractivity contribution is 0.173. The Morgan fingerprint density at radius 3 is 2.70 bits per heavy atom. The number of hydrogen-bond donors (Lipinski definition) is 1. The summed E-state index contributed by atoms with van der Waals surface area (Å²) in [6.45, 7) is 9.95. The third kappa shape index (κ3) is 4.01. The van der Waals surface area contributed by atoms with Crippen LogP contribution in [0.2, 0.25) is 0 Å². The van der Waals surface area contributed by atoms with Gasteiger partial charge in [-0.3, -0.25) is 4.90 Å². The van der Waals surface area contributed by atoms with E-state index >= 15 is 0 Å². The predicted molar refractivity (Wildman–Crippen MR) is 94.8 cm³/mol. The third-order valence-corrected chi connectivity index (χ3v) is 4.84. The van der Waals surface area contributed by atoms with Crippen LogP contribution in [0.5, 0.6) is 0 Å². The Morgan fingerprint density at radius 1 is 1.17 bits per heavy atom. The summed E-state index contributed by atoms with van der Waals surface area (Å²) < 4.78 is 2.10. The first kappa shape index (κ1) is 16.2. The van der Waals surface area contributed by atoms with E-state index in [9.17, 15) is 0 Å². The molecule has 1 aromatic heterocycles. The Morgan fingerprint density at radius 2 is 1.96 bits per heavy atom. The van der Waals surface area contributed by atoms with E-state index in [1.165, 1.54) is 49.4 Å². The van der Waals surface area contributed by atoms with E-state index in [1.807, 2.05) is 6.20 Å². The number of nitrogens with zero attached hydrogens (tertiary/aromatic N) is 3. The van der Waals surface area contributed by atoms with Crippen LogP contribution < -0.4 is 5.32 Å². The lowest BCUT2D eigenvalue weighted by atomic mass is 9.96. The number of likely N-dealkylation sites (tertiary alicyclic amines) is 1. The molecule has 2 aromatic rings. The molecule has 0 bridgehead atoms. The molecule has 1 aliphatic rings. The molecule has 4 heteroatoms. The van der Waals surface area contributed by atoms with E-state index in [0.717, 1.165) is 19.0 Å². The molecule has 0 unspecified atom stereocenters. The fraction of sp³-hybridized carbons (Fsp3) is 0.526. The second kappa shape index (κ2) is 7.75. The maximum atomic E-state index is 4.55. The molecule has 0 atom stereocenters. The van der Waals surface area contributed by atoms with Gasteiger partial charge in [-0.1, -0.05) is 25.1 Å². The Labute approximate surface area is 139 Å². The topological polar surface area (TPSA) is 33.1 Å². The molecule has 1 aromatic carbocycles. The molecule has 0 saturated carbocycles. The summed E-state index contributed by atoms with van der Waals surface area (Å²) in [5.41, 5.74) is 3.74. The molecule has 1 N–H and O–H groups in total. The van der Waals surface area contributed by atoms with Crippen LogP contribution in [-0.2, 0) is 6.54 Å². The van der Waals surface area contributed by atoms with Gasteiger partial charge in [0.2, 0.25) is 0 Å². The van der Waals surface area contributed by atoms with Gasteiger partial charge in [-0.25, -0.2) is 4.68 Å². The summed E-state index contributed by atoms with van der Waals surface area (Å²) in [6.07, 6.45) is 4.51. The summed E-state index contributed by atoms with van der Waals surface area (Å²) in [5.74, 6) is 0.840. The van der Waals surface area contributed by atoms with E-state index in [1.54, 1.807) is 0 Å². The maximum Gasteiger partial charge on any atom is 0.0678 e. The molecule has 2 heterocycles. The molecular weight excluding hydrogens is 284 g/mol. The van der Waals surface area contributed by atoms with Crippen LogP contribution in [0.1, 0.15) is 31.0 Å². The zero-order valence-corrected chi connectivity index (χ0v) is 14.3. The fourth-order valence-electron chi connectivity index (χ4n) is 3.39. The summed E-state index contributed by atoms with van der Waals surface area (Å²) in [7, 11) is 0. The highest BCUT2D eigenvalue weighted by atomic mass is 15.3. The summed E-state index contributed by atoms with van der Waals surface area (Å²) in [6, 6.07) is 10.6. The zero-order chi connectivity index (χ0) is 16.1. The molecule has 1 aliphatic heterocycles. The largest absolute Gasteiger partial charge is 0.317 e. The van der Waals surface area contributed by atoms with Gasteiger partial charge in [0.25, 0.3) is 0 Å². The maximum absolute atomic E-state index is 4.55. The fourth-order valence-corrected chi connectivity index (χ4v) is 3.39. The summed E-state index contributed by atoms with van der Waals surface area (Å²) in [4.78, 5) is 2.56. The van der Waals surface area contributed by atoms with Gasteiger partial charge in [0.15, 0.2) is 0 Å². The minimum absolute atomic E-state index is 0.840. The van der Waals surface area contributed by atoms with Gasteiger partial charge in [-0.2, -0.15) is 5.10 Å². The van der Waals surface area contributed by atoms with Gasteiger partial charge in [0.1, 0.15) is 0 Å². The highest BCUT2D eigenvalue weighted by Crippen LogP contribution is 2.20. The number of nitrogens with one attached hydrogen (secondary N) is 1. The summed E-state index contributed by atoms with van der Waals surface area (Å²) >= 11 is 0. The van der Waals surface area contributed by atoms with Crippen LogP contribution in [0.25, 0.3) is 5.69 Å². The van der Waals surface area contributed by atoms with Crippen molar-refractivity contribution in [3.05, 3.63) is 47.8 Å². The van der Waals surface area contributed by atoms with Crippen molar-refractivity contribution in [3.63, 3.8) is 0 Å². The Bertz CT molecular complexity index is 611. The van der Waals surface area contributed by atoms with Gasteiger partial charge in [-0.15, -0.1) is 0 Å². The Kier molecular flexibility index (Phi) is 5.47. The number of rotatable bonds is 6. The molecule has 4 nitrogen and oxygen atoms in total. The van der Waals surface area contributed by atoms with Crippen molar-refractivity contribution >= 4 is 0 Å². The van der Waals surface area contributed by atoms with Crippen molar-refractivity contribution in [2.24, 2.45) is 5.92 Å². The lowest BCUT2D eigenvalue weighted by Crippen LogP contribution is -2.37. The predicted octanol–water partition coefficient (Wildman–Crippen LogP) is 3.00. The molecule has 23 heavy (non-hydrogen) atoms.